The predicted octanol–water partition coefficient (Wildman–Crippen LogP) is 2.35. The van der Waals surface area contributed by atoms with E-state index in [-0.39, 0.29) is 11.7 Å². The summed E-state index contributed by atoms with van der Waals surface area (Å²) in [6, 6.07) is 6.20. The summed E-state index contributed by atoms with van der Waals surface area (Å²) in [5, 5.41) is 4.40. The number of nitrogens with zero attached hydrogens (tertiary/aromatic N) is 4. The Morgan fingerprint density at radius 1 is 1.17 bits per heavy atom. The number of piperazine rings is 1. The van der Waals surface area contributed by atoms with Gasteiger partial charge in [-0.1, -0.05) is 13.3 Å². The third kappa shape index (κ3) is 3.33. The van der Waals surface area contributed by atoms with E-state index in [1.807, 2.05) is 4.90 Å². The van der Waals surface area contributed by atoms with Crippen molar-refractivity contribution >= 4 is 5.91 Å². The molecular formula is C18H23FN4O. The molecule has 0 unspecified atom stereocenters. The molecule has 1 aromatic heterocycles. The molecule has 0 N–H and O–H groups in total. The lowest BCUT2D eigenvalue weighted by molar-refractivity contribution is 0.0663. The Bertz CT molecular complexity index is 702. The van der Waals surface area contributed by atoms with Gasteiger partial charge in [0.05, 0.1) is 23.1 Å². The van der Waals surface area contributed by atoms with Crippen molar-refractivity contribution in [1.29, 1.82) is 0 Å². The lowest BCUT2D eigenvalue weighted by atomic mass is 10.1. The van der Waals surface area contributed by atoms with Crippen LogP contribution in [0.25, 0.3) is 5.69 Å². The molecule has 1 aliphatic rings. The first-order valence-electron chi connectivity index (χ1n) is 8.40. The molecule has 1 aliphatic heterocycles. The van der Waals surface area contributed by atoms with E-state index < -0.39 is 0 Å². The number of carbonyl (C=O) groups excluding carboxylic acids is 1. The molecule has 128 valence electrons. The summed E-state index contributed by atoms with van der Waals surface area (Å²) < 4.78 is 14.9. The molecule has 1 fully saturated rings. The van der Waals surface area contributed by atoms with Crippen LogP contribution in [0.3, 0.4) is 0 Å². The Kier molecular flexibility index (Phi) is 4.94. The van der Waals surface area contributed by atoms with Gasteiger partial charge in [-0.05, 0) is 37.7 Å². The van der Waals surface area contributed by atoms with Gasteiger partial charge in [0.2, 0.25) is 0 Å². The third-order valence-corrected chi connectivity index (χ3v) is 4.45. The molecule has 1 amide bonds. The number of aromatic nitrogens is 2. The van der Waals surface area contributed by atoms with Gasteiger partial charge in [-0.2, -0.15) is 5.10 Å². The number of amides is 1. The monoisotopic (exact) mass is 330 g/mol. The molecule has 0 saturated carbocycles. The largest absolute Gasteiger partial charge is 0.336 e. The van der Waals surface area contributed by atoms with E-state index in [1.165, 1.54) is 12.1 Å². The van der Waals surface area contributed by atoms with Gasteiger partial charge in [0.1, 0.15) is 5.82 Å². The Morgan fingerprint density at radius 2 is 1.83 bits per heavy atom. The molecule has 5 nitrogen and oxygen atoms in total. The van der Waals surface area contributed by atoms with Gasteiger partial charge in [0.25, 0.3) is 5.91 Å². The highest BCUT2D eigenvalue weighted by atomic mass is 19.1. The summed E-state index contributed by atoms with van der Waals surface area (Å²) >= 11 is 0. The van der Waals surface area contributed by atoms with Crippen LogP contribution in [-0.4, -0.2) is 58.7 Å². The second-order valence-corrected chi connectivity index (χ2v) is 6.24. The van der Waals surface area contributed by atoms with Gasteiger partial charge in [-0.15, -0.1) is 0 Å². The lowest BCUT2D eigenvalue weighted by Crippen LogP contribution is -2.47. The van der Waals surface area contributed by atoms with E-state index >= 15 is 0 Å². The molecule has 3 rings (SSSR count). The first-order chi connectivity index (χ1) is 11.6. The molecule has 0 radical (unpaired) electrons. The first kappa shape index (κ1) is 16.6. The van der Waals surface area contributed by atoms with Crippen molar-refractivity contribution in [3.05, 3.63) is 47.5 Å². The van der Waals surface area contributed by atoms with Gasteiger partial charge in [0, 0.05) is 26.2 Å². The molecule has 6 heteroatoms. The van der Waals surface area contributed by atoms with Gasteiger partial charge >= 0.3 is 0 Å². The molecular weight excluding hydrogens is 307 g/mol. The third-order valence-electron chi connectivity index (χ3n) is 4.45. The van der Waals surface area contributed by atoms with E-state index in [0.717, 1.165) is 50.4 Å². The van der Waals surface area contributed by atoms with Gasteiger partial charge < -0.3 is 9.80 Å². The van der Waals surface area contributed by atoms with Gasteiger partial charge in [-0.25, -0.2) is 9.07 Å². The smallest absolute Gasteiger partial charge is 0.257 e. The maximum Gasteiger partial charge on any atom is 0.257 e. The highest BCUT2D eigenvalue weighted by Gasteiger charge is 2.25. The number of hydrogen-bond donors (Lipinski definition) is 0. The minimum Gasteiger partial charge on any atom is -0.336 e. The number of halogens is 1. The molecule has 1 aromatic carbocycles. The number of benzene rings is 1. The Morgan fingerprint density at radius 3 is 2.46 bits per heavy atom. The number of likely N-dealkylation sites (N-methyl/N-ethyl adjacent to an activating group) is 1. The summed E-state index contributed by atoms with van der Waals surface area (Å²) in [6.07, 6.45) is 3.32. The van der Waals surface area contributed by atoms with Crippen LogP contribution in [0.15, 0.2) is 30.5 Å². The minimum absolute atomic E-state index is 0.0416. The van der Waals surface area contributed by atoms with Gasteiger partial charge in [0.15, 0.2) is 0 Å². The molecule has 0 aliphatic carbocycles. The van der Waals surface area contributed by atoms with Crippen molar-refractivity contribution in [3.8, 4) is 5.69 Å². The molecule has 0 bridgehead atoms. The van der Waals surface area contributed by atoms with Crippen molar-refractivity contribution in [3.63, 3.8) is 0 Å². The zero-order chi connectivity index (χ0) is 17.1. The van der Waals surface area contributed by atoms with Crippen molar-refractivity contribution in [2.24, 2.45) is 0 Å². The number of rotatable bonds is 4. The van der Waals surface area contributed by atoms with Crippen molar-refractivity contribution < 1.29 is 9.18 Å². The first-order valence-corrected chi connectivity index (χ1v) is 8.40. The SMILES string of the molecule is CCCc1c(C(=O)N2CCN(C)CC2)cnn1-c1ccc(F)cc1. The highest BCUT2D eigenvalue weighted by molar-refractivity contribution is 5.95. The van der Waals surface area contributed by atoms with Crippen LogP contribution < -0.4 is 0 Å². The fourth-order valence-corrected chi connectivity index (χ4v) is 3.01. The van der Waals surface area contributed by atoms with Crippen LogP contribution in [0.4, 0.5) is 4.39 Å². The molecule has 1 saturated heterocycles. The number of carbonyl (C=O) groups is 1. The Labute approximate surface area is 141 Å². The average Bonchev–Trinajstić information content (AvgIpc) is 3.00. The molecule has 24 heavy (non-hydrogen) atoms. The second kappa shape index (κ2) is 7.13. The van der Waals surface area contributed by atoms with E-state index in [1.54, 1.807) is 23.0 Å². The summed E-state index contributed by atoms with van der Waals surface area (Å²) in [5.41, 5.74) is 2.33. The van der Waals surface area contributed by atoms with Crippen LogP contribution in [0.2, 0.25) is 0 Å². The lowest BCUT2D eigenvalue weighted by Gasteiger charge is -2.32. The standard InChI is InChI=1S/C18H23FN4O/c1-3-4-17-16(18(24)22-11-9-21(2)10-12-22)13-20-23(17)15-7-5-14(19)6-8-15/h5-8,13H,3-4,9-12H2,1-2H3. The van der Waals surface area contributed by atoms with Crippen LogP contribution in [0.5, 0.6) is 0 Å². The molecule has 2 aromatic rings. The topological polar surface area (TPSA) is 41.4 Å². The summed E-state index contributed by atoms with van der Waals surface area (Å²) in [4.78, 5) is 17.0. The second-order valence-electron chi connectivity index (χ2n) is 6.24. The number of hydrogen-bond acceptors (Lipinski definition) is 3. The molecule has 2 heterocycles. The average molecular weight is 330 g/mol. The summed E-state index contributed by atoms with van der Waals surface area (Å²) in [5.74, 6) is -0.239. The van der Waals surface area contributed by atoms with Crippen molar-refractivity contribution in [2.75, 3.05) is 33.2 Å². The van der Waals surface area contributed by atoms with Crippen molar-refractivity contribution in [1.82, 2.24) is 19.6 Å². The van der Waals surface area contributed by atoms with E-state index in [4.69, 9.17) is 0 Å². The maximum absolute atomic E-state index is 13.2. The zero-order valence-electron chi connectivity index (χ0n) is 14.2. The fraction of sp³-hybridized carbons (Fsp3) is 0.444. The predicted molar refractivity (Wildman–Crippen MR) is 90.9 cm³/mol. The Balaban J connectivity index is 1.91. The zero-order valence-corrected chi connectivity index (χ0v) is 14.2. The molecule has 0 atom stereocenters. The van der Waals surface area contributed by atoms with Gasteiger partial charge in [-0.3, -0.25) is 4.79 Å². The van der Waals surface area contributed by atoms with Crippen LogP contribution in [0, 0.1) is 5.82 Å². The fourth-order valence-electron chi connectivity index (χ4n) is 3.01. The molecule has 0 spiro atoms. The summed E-state index contributed by atoms with van der Waals surface area (Å²) in [7, 11) is 2.07. The summed E-state index contributed by atoms with van der Waals surface area (Å²) in [6.45, 7) is 5.33. The van der Waals surface area contributed by atoms with E-state index in [0.29, 0.717) is 5.56 Å². The minimum atomic E-state index is -0.281. The van der Waals surface area contributed by atoms with Crippen LogP contribution >= 0.6 is 0 Å². The van der Waals surface area contributed by atoms with Crippen molar-refractivity contribution in [2.45, 2.75) is 19.8 Å². The van der Waals surface area contributed by atoms with E-state index in [2.05, 4.69) is 24.0 Å². The highest BCUT2D eigenvalue weighted by Crippen LogP contribution is 2.19. The van der Waals surface area contributed by atoms with Crippen LogP contribution in [-0.2, 0) is 6.42 Å². The normalized spacial score (nSPS) is 15.7. The van der Waals surface area contributed by atoms with E-state index in [9.17, 15) is 9.18 Å². The quantitative estimate of drug-likeness (QED) is 0.864. The van der Waals surface area contributed by atoms with Crippen LogP contribution in [0.1, 0.15) is 29.4 Å². The Hall–Kier alpha value is -2.21. The maximum atomic E-state index is 13.2.